The van der Waals surface area contributed by atoms with E-state index < -0.39 is 41.1 Å². The van der Waals surface area contributed by atoms with Crippen LogP contribution in [0.5, 0.6) is 0 Å². The molecule has 4 aromatic rings. The Labute approximate surface area is 242 Å². The van der Waals surface area contributed by atoms with Crippen LogP contribution in [-0.2, 0) is 22.3 Å². The average molecular weight is 595 g/mol. The molecule has 2 amide bonds. The number of piperidine rings is 1. The van der Waals surface area contributed by atoms with Crippen molar-refractivity contribution in [3.63, 3.8) is 0 Å². The lowest BCUT2D eigenvalue weighted by Crippen LogP contribution is -2.46. The lowest BCUT2D eigenvalue weighted by atomic mass is 10.0. The number of likely N-dealkylation sites (tertiary alicyclic amines) is 1. The number of aryl methyl sites for hydroxylation is 1. The highest BCUT2D eigenvalue weighted by atomic mass is 19.4. The number of anilines is 1. The van der Waals surface area contributed by atoms with Crippen molar-refractivity contribution in [1.29, 1.82) is 0 Å². The van der Waals surface area contributed by atoms with Gasteiger partial charge in [0.05, 0.1) is 16.8 Å². The largest absolute Gasteiger partial charge is 0.419 e. The van der Waals surface area contributed by atoms with E-state index in [2.05, 4.69) is 20.4 Å². The Kier molecular flexibility index (Phi) is 6.58. The van der Waals surface area contributed by atoms with E-state index in [4.69, 9.17) is 0 Å². The van der Waals surface area contributed by atoms with Crippen LogP contribution in [0.15, 0.2) is 48.8 Å². The summed E-state index contributed by atoms with van der Waals surface area (Å²) >= 11 is 0. The summed E-state index contributed by atoms with van der Waals surface area (Å²) in [4.78, 5) is 49.3. The minimum Gasteiger partial charge on any atom is -0.325 e. The summed E-state index contributed by atoms with van der Waals surface area (Å²) in [6.07, 6.45) is -0.671. The van der Waals surface area contributed by atoms with E-state index in [0.717, 1.165) is 23.3 Å². The molecule has 0 bridgehead atoms. The van der Waals surface area contributed by atoms with Gasteiger partial charge in [0.15, 0.2) is 11.6 Å². The Morgan fingerprint density at radius 2 is 1.79 bits per heavy atom. The summed E-state index contributed by atoms with van der Waals surface area (Å²) in [6, 6.07) is 6.68. The van der Waals surface area contributed by atoms with Gasteiger partial charge in [-0.3, -0.25) is 19.1 Å². The van der Waals surface area contributed by atoms with Crippen molar-refractivity contribution >= 4 is 34.2 Å². The maximum absolute atomic E-state index is 14.6. The Bertz CT molecular complexity index is 1800. The molecule has 0 radical (unpaired) electrons. The summed E-state index contributed by atoms with van der Waals surface area (Å²) in [7, 11) is 0. The summed E-state index contributed by atoms with van der Waals surface area (Å²) in [6.45, 7) is 4.78. The second-order valence-corrected chi connectivity index (χ2v) is 11.4. The number of halogens is 4. The maximum atomic E-state index is 14.6. The van der Waals surface area contributed by atoms with Crippen LogP contribution in [0.3, 0.4) is 0 Å². The fourth-order valence-electron chi connectivity index (χ4n) is 5.91. The van der Waals surface area contributed by atoms with E-state index in [1.165, 1.54) is 16.5 Å². The van der Waals surface area contributed by atoms with Crippen molar-refractivity contribution in [2.45, 2.75) is 58.4 Å². The maximum Gasteiger partial charge on any atom is 0.419 e. The van der Waals surface area contributed by atoms with Crippen LogP contribution in [-0.4, -0.2) is 54.3 Å². The molecule has 2 aromatic carbocycles. The molecular weight excluding hydrogens is 568 g/mol. The number of carbonyl (C=O) groups excluding carboxylic acids is 3. The predicted octanol–water partition coefficient (Wildman–Crippen LogP) is 5.18. The molecule has 2 aliphatic rings. The topological polar surface area (TPSA) is 110 Å². The fourth-order valence-corrected chi connectivity index (χ4v) is 5.91. The van der Waals surface area contributed by atoms with Crippen LogP contribution in [0.4, 0.5) is 23.2 Å². The standard InChI is InChI=1S/C30H26F4N6O3/c1-15(41)27-19-9-17(18-12-35-16(2)36-13-18)7-8-22(19)39(38-27)14-25(42)40-23(10-29(3)11-24(29)40)28(43)37-21-6-4-5-20(26(21)31)30(32,33)34/h4-9,12-13,23-24H,10-11,14H2,1-3H3,(H,37,43)/t23-,24+,29-/m0/s1. The number of nitrogens with one attached hydrogen (secondary N) is 1. The number of carbonyl (C=O) groups is 3. The molecule has 1 saturated carbocycles. The third-order valence-corrected chi connectivity index (χ3v) is 8.27. The van der Waals surface area contributed by atoms with Crippen LogP contribution >= 0.6 is 0 Å². The molecule has 222 valence electrons. The second kappa shape index (κ2) is 9.96. The zero-order valence-corrected chi connectivity index (χ0v) is 23.4. The first-order valence-corrected chi connectivity index (χ1v) is 13.5. The number of hydrogen-bond donors (Lipinski definition) is 1. The molecule has 6 rings (SSSR count). The predicted molar refractivity (Wildman–Crippen MR) is 147 cm³/mol. The summed E-state index contributed by atoms with van der Waals surface area (Å²) in [5.41, 5.74) is -0.257. The minimum atomic E-state index is -4.94. The van der Waals surface area contributed by atoms with Crippen molar-refractivity contribution in [2.75, 3.05) is 5.32 Å². The van der Waals surface area contributed by atoms with E-state index in [0.29, 0.717) is 29.2 Å². The van der Waals surface area contributed by atoms with Gasteiger partial charge in [0.2, 0.25) is 11.8 Å². The molecule has 1 saturated heterocycles. The molecule has 9 nitrogen and oxygen atoms in total. The number of alkyl halides is 3. The van der Waals surface area contributed by atoms with Gasteiger partial charge in [-0.1, -0.05) is 19.1 Å². The number of ketones is 1. The molecule has 0 unspecified atom stereocenters. The Hall–Kier alpha value is -4.68. The van der Waals surface area contributed by atoms with Gasteiger partial charge in [-0.05, 0) is 55.0 Å². The van der Waals surface area contributed by atoms with E-state index in [9.17, 15) is 31.9 Å². The van der Waals surface area contributed by atoms with Crippen molar-refractivity contribution in [3.8, 4) is 11.1 Å². The Morgan fingerprint density at radius 1 is 1.07 bits per heavy atom. The lowest BCUT2D eigenvalue weighted by molar-refractivity contribution is -0.140. The van der Waals surface area contributed by atoms with Crippen LogP contribution in [0.1, 0.15) is 48.6 Å². The van der Waals surface area contributed by atoms with Gasteiger partial charge in [0, 0.05) is 36.3 Å². The van der Waals surface area contributed by atoms with Crippen LogP contribution in [0.25, 0.3) is 22.0 Å². The molecule has 1 aliphatic carbocycles. The van der Waals surface area contributed by atoms with Crippen molar-refractivity contribution in [3.05, 3.63) is 71.7 Å². The van der Waals surface area contributed by atoms with Crippen molar-refractivity contribution < 1.29 is 31.9 Å². The average Bonchev–Trinajstić information content (AvgIpc) is 3.31. The minimum absolute atomic E-state index is 0.171. The van der Waals surface area contributed by atoms with Gasteiger partial charge < -0.3 is 10.2 Å². The number of Topliss-reactive ketones (excluding diaryl/α,β-unsaturated/α-hetero) is 1. The van der Waals surface area contributed by atoms with Gasteiger partial charge in [-0.15, -0.1) is 0 Å². The van der Waals surface area contributed by atoms with E-state index in [1.54, 1.807) is 37.5 Å². The third-order valence-electron chi connectivity index (χ3n) is 8.27. The van der Waals surface area contributed by atoms with Crippen molar-refractivity contribution in [2.24, 2.45) is 5.41 Å². The number of nitrogens with zero attached hydrogens (tertiary/aromatic N) is 5. The highest BCUT2D eigenvalue weighted by molar-refractivity contribution is 6.06. The smallest absolute Gasteiger partial charge is 0.325 e. The van der Waals surface area contributed by atoms with Crippen LogP contribution in [0.2, 0.25) is 0 Å². The highest BCUT2D eigenvalue weighted by Crippen LogP contribution is 2.59. The Balaban J connectivity index is 1.28. The van der Waals surface area contributed by atoms with Gasteiger partial charge in [-0.2, -0.15) is 18.3 Å². The fraction of sp³-hybridized carbons (Fsp3) is 0.333. The normalized spacial score (nSPS) is 21.1. The molecular formula is C30H26F4N6O3. The van der Waals surface area contributed by atoms with Crippen LogP contribution in [0, 0.1) is 18.2 Å². The monoisotopic (exact) mass is 594 g/mol. The van der Waals surface area contributed by atoms with Gasteiger partial charge in [-0.25, -0.2) is 14.4 Å². The molecule has 1 N–H and O–H groups in total. The lowest BCUT2D eigenvalue weighted by Gasteiger charge is -2.27. The molecule has 0 spiro atoms. The number of hydrogen-bond acceptors (Lipinski definition) is 6. The number of benzene rings is 2. The number of amides is 2. The van der Waals surface area contributed by atoms with Crippen LogP contribution < -0.4 is 5.32 Å². The van der Waals surface area contributed by atoms with Gasteiger partial charge >= 0.3 is 6.18 Å². The summed E-state index contributed by atoms with van der Waals surface area (Å²) in [5, 5.41) is 7.21. The quantitative estimate of drug-likeness (QED) is 0.243. The van der Waals surface area contributed by atoms with E-state index >= 15 is 0 Å². The van der Waals surface area contributed by atoms with Crippen molar-refractivity contribution in [1.82, 2.24) is 24.6 Å². The number of rotatable bonds is 6. The third kappa shape index (κ3) is 5.02. The molecule has 13 heteroatoms. The van der Waals surface area contributed by atoms with Gasteiger partial charge in [0.25, 0.3) is 0 Å². The molecule has 2 aromatic heterocycles. The summed E-state index contributed by atoms with van der Waals surface area (Å²) in [5.74, 6) is -2.51. The molecule has 3 heterocycles. The molecule has 2 fully saturated rings. The Morgan fingerprint density at radius 3 is 2.47 bits per heavy atom. The zero-order chi connectivity index (χ0) is 30.8. The molecule has 3 atom stereocenters. The number of aromatic nitrogens is 4. The molecule has 43 heavy (non-hydrogen) atoms. The first-order chi connectivity index (χ1) is 20.3. The first kappa shape index (κ1) is 28.4. The number of fused-ring (bicyclic) bond motifs is 2. The van der Waals surface area contributed by atoms with E-state index in [1.807, 2.05) is 6.92 Å². The summed E-state index contributed by atoms with van der Waals surface area (Å²) < 4.78 is 55.6. The first-order valence-electron chi connectivity index (χ1n) is 13.5. The second-order valence-electron chi connectivity index (χ2n) is 11.4. The van der Waals surface area contributed by atoms with E-state index in [-0.39, 0.29) is 35.9 Å². The zero-order valence-electron chi connectivity index (χ0n) is 23.4. The van der Waals surface area contributed by atoms with Gasteiger partial charge in [0.1, 0.15) is 24.1 Å². The molecule has 1 aliphatic heterocycles. The highest BCUT2D eigenvalue weighted by Gasteiger charge is 2.64. The SMILES string of the molecule is CC(=O)c1nn(CC(=O)N2[C@H](C(=O)Nc3cccc(C(F)(F)F)c3F)C[C@@]3(C)C[C@@H]23)c2ccc(-c3cnc(C)nc3)cc12.